The maximum absolute atomic E-state index is 13.5. The predicted octanol–water partition coefficient (Wildman–Crippen LogP) is 1.56. The van der Waals surface area contributed by atoms with Gasteiger partial charge in [0, 0.05) is 68.8 Å². The lowest BCUT2D eigenvalue weighted by Gasteiger charge is -2.35. The van der Waals surface area contributed by atoms with Crippen molar-refractivity contribution in [2.24, 2.45) is 0 Å². The van der Waals surface area contributed by atoms with Crippen molar-refractivity contribution in [3.05, 3.63) is 76.8 Å². The van der Waals surface area contributed by atoms with Gasteiger partial charge in [0.1, 0.15) is 17.6 Å². The number of nitrogens with zero attached hydrogens (tertiary/aromatic N) is 5. The van der Waals surface area contributed by atoms with Gasteiger partial charge in [-0.3, -0.25) is 19.2 Å². The number of piperazine rings is 1. The molecule has 2 aromatic heterocycles. The van der Waals surface area contributed by atoms with Crippen LogP contribution < -0.4 is 10.7 Å². The van der Waals surface area contributed by atoms with E-state index in [4.69, 9.17) is 4.74 Å². The van der Waals surface area contributed by atoms with Crippen molar-refractivity contribution in [3.8, 4) is 17.2 Å². The van der Waals surface area contributed by atoms with Gasteiger partial charge in [-0.1, -0.05) is 30.3 Å². The van der Waals surface area contributed by atoms with Crippen LogP contribution in [-0.4, -0.2) is 92.1 Å². The largest absolute Gasteiger partial charge is 0.481 e. The molecule has 0 radical (unpaired) electrons. The van der Waals surface area contributed by atoms with Crippen molar-refractivity contribution < 1.29 is 29.0 Å². The molecular formula is C28H30N6O7. The smallest absolute Gasteiger partial charge is 0.409 e. The Labute approximate surface area is 235 Å². The van der Waals surface area contributed by atoms with Gasteiger partial charge in [0.05, 0.1) is 6.61 Å². The van der Waals surface area contributed by atoms with Gasteiger partial charge in [0.2, 0.25) is 5.91 Å². The van der Waals surface area contributed by atoms with Crippen LogP contribution in [0, 0.1) is 0 Å². The van der Waals surface area contributed by atoms with Gasteiger partial charge in [-0.05, 0) is 13.3 Å². The first-order valence-corrected chi connectivity index (χ1v) is 13.1. The summed E-state index contributed by atoms with van der Waals surface area (Å²) in [6.07, 6.45) is 2.07. The molecule has 3 amide bonds. The molecule has 214 valence electrons. The van der Waals surface area contributed by atoms with Gasteiger partial charge in [-0.2, -0.15) is 0 Å². The number of aromatic nitrogens is 3. The third-order valence-corrected chi connectivity index (χ3v) is 6.41. The molecule has 4 rings (SSSR count). The molecule has 3 aromatic rings. The molecule has 1 atom stereocenters. The number of carboxylic acids is 1. The van der Waals surface area contributed by atoms with Crippen LogP contribution >= 0.6 is 0 Å². The number of carbonyl (C=O) groups excluding carboxylic acids is 3. The number of aliphatic carboxylic acids is 1. The molecule has 13 heteroatoms. The van der Waals surface area contributed by atoms with Crippen LogP contribution in [0.15, 0.2) is 65.7 Å². The summed E-state index contributed by atoms with van der Waals surface area (Å²) >= 11 is 0. The van der Waals surface area contributed by atoms with Gasteiger partial charge >= 0.3 is 12.1 Å². The number of rotatable bonds is 9. The van der Waals surface area contributed by atoms with Crippen molar-refractivity contribution in [2.75, 3.05) is 32.8 Å². The molecule has 0 spiro atoms. The monoisotopic (exact) mass is 562 g/mol. The van der Waals surface area contributed by atoms with Crippen molar-refractivity contribution in [2.45, 2.75) is 25.8 Å². The number of hydrogen-bond acceptors (Lipinski definition) is 8. The lowest BCUT2D eigenvalue weighted by Crippen LogP contribution is -2.56. The van der Waals surface area contributed by atoms with Gasteiger partial charge in [0.15, 0.2) is 11.3 Å². The lowest BCUT2D eigenvalue weighted by atomic mass is 10.1. The van der Waals surface area contributed by atoms with E-state index in [1.54, 1.807) is 35.8 Å². The fourth-order valence-corrected chi connectivity index (χ4v) is 4.27. The minimum absolute atomic E-state index is 0.0483. The second-order valence-corrected chi connectivity index (χ2v) is 9.21. The SMILES string of the molecule is CCOC(=O)N1CCN(C(=O)[C@H](CCC(=O)O)NC(=O)c2cc(-n3ccc(=O)cc3)nc(-c3ccccc3)n2)CC1. The molecule has 13 nitrogen and oxygen atoms in total. The van der Waals surface area contributed by atoms with E-state index in [2.05, 4.69) is 15.3 Å². The number of carboxylic acid groups (broad SMARTS) is 1. The van der Waals surface area contributed by atoms with Crippen LogP contribution in [0.25, 0.3) is 17.2 Å². The molecule has 1 aliphatic rings. The number of carbonyl (C=O) groups is 4. The van der Waals surface area contributed by atoms with Crippen LogP contribution in [0.4, 0.5) is 4.79 Å². The summed E-state index contributed by atoms with van der Waals surface area (Å²) in [6.45, 7) is 2.86. The molecule has 1 aliphatic heterocycles. The summed E-state index contributed by atoms with van der Waals surface area (Å²) < 4.78 is 6.57. The molecule has 1 aromatic carbocycles. The minimum atomic E-state index is -1.14. The maximum Gasteiger partial charge on any atom is 0.409 e. The number of hydrogen-bond donors (Lipinski definition) is 2. The highest BCUT2D eigenvalue weighted by atomic mass is 16.6. The standard InChI is InChI=1S/C28H30N6O7/c1-2-41-28(40)34-16-14-33(15-17-34)27(39)21(8-9-24(36)37)30-26(38)22-18-23(32-12-10-20(35)11-13-32)31-25(29-22)19-6-4-3-5-7-19/h3-7,10-13,18,21H,2,8-9,14-17H2,1H3,(H,30,38)(H,36,37)/t21-/m0/s1. The Hall–Kier alpha value is -5.07. The third-order valence-electron chi connectivity index (χ3n) is 6.41. The molecule has 2 N–H and O–H groups in total. The summed E-state index contributed by atoms with van der Waals surface area (Å²) in [5.74, 6) is -1.71. The zero-order valence-corrected chi connectivity index (χ0v) is 22.4. The van der Waals surface area contributed by atoms with E-state index in [0.717, 1.165) is 0 Å². The summed E-state index contributed by atoms with van der Waals surface area (Å²) in [5, 5.41) is 11.9. The fraction of sp³-hybridized carbons (Fsp3) is 0.321. The summed E-state index contributed by atoms with van der Waals surface area (Å²) in [4.78, 5) is 73.8. The van der Waals surface area contributed by atoms with Crippen molar-refractivity contribution in [3.63, 3.8) is 0 Å². The molecule has 0 aliphatic carbocycles. The average Bonchev–Trinajstić information content (AvgIpc) is 2.99. The van der Waals surface area contributed by atoms with E-state index in [0.29, 0.717) is 11.4 Å². The fourth-order valence-electron chi connectivity index (χ4n) is 4.27. The van der Waals surface area contributed by atoms with Crippen molar-refractivity contribution in [1.29, 1.82) is 0 Å². The first-order chi connectivity index (χ1) is 19.7. The van der Waals surface area contributed by atoms with E-state index in [9.17, 15) is 29.1 Å². The Kier molecular flexibility index (Phi) is 9.40. The first kappa shape index (κ1) is 28.9. The van der Waals surface area contributed by atoms with Gasteiger partial charge in [-0.15, -0.1) is 0 Å². The summed E-state index contributed by atoms with van der Waals surface area (Å²) in [6, 6.07) is 12.0. The van der Waals surface area contributed by atoms with Crippen molar-refractivity contribution >= 4 is 23.9 Å². The van der Waals surface area contributed by atoms with Crippen LogP contribution in [0.2, 0.25) is 0 Å². The number of nitrogens with one attached hydrogen (secondary N) is 1. The average molecular weight is 563 g/mol. The zero-order chi connectivity index (χ0) is 29.4. The van der Waals surface area contributed by atoms with E-state index >= 15 is 0 Å². The zero-order valence-electron chi connectivity index (χ0n) is 22.4. The highest BCUT2D eigenvalue weighted by Gasteiger charge is 2.31. The topological polar surface area (TPSA) is 164 Å². The summed E-state index contributed by atoms with van der Waals surface area (Å²) in [7, 11) is 0. The normalized spacial score (nSPS) is 13.8. The lowest BCUT2D eigenvalue weighted by molar-refractivity contribution is -0.138. The molecule has 41 heavy (non-hydrogen) atoms. The number of ether oxygens (including phenoxy) is 1. The van der Waals surface area contributed by atoms with Crippen molar-refractivity contribution in [1.82, 2.24) is 29.7 Å². The van der Waals surface area contributed by atoms with Crippen LogP contribution in [0.1, 0.15) is 30.3 Å². The molecule has 0 saturated carbocycles. The van der Waals surface area contributed by atoms with E-state index < -0.39 is 29.9 Å². The second-order valence-electron chi connectivity index (χ2n) is 9.21. The van der Waals surface area contributed by atoms with Gasteiger partial charge in [-0.25, -0.2) is 14.8 Å². The minimum Gasteiger partial charge on any atom is -0.481 e. The van der Waals surface area contributed by atoms with Crippen LogP contribution in [0.3, 0.4) is 0 Å². The highest BCUT2D eigenvalue weighted by Crippen LogP contribution is 2.18. The first-order valence-electron chi connectivity index (χ1n) is 13.1. The Bertz CT molecular complexity index is 1450. The van der Waals surface area contributed by atoms with E-state index in [1.807, 2.05) is 6.07 Å². The predicted molar refractivity (Wildman–Crippen MR) is 146 cm³/mol. The van der Waals surface area contributed by atoms with E-state index in [-0.39, 0.29) is 62.6 Å². The maximum atomic E-state index is 13.5. The van der Waals surface area contributed by atoms with E-state index in [1.165, 1.54) is 40.4 Å². The highest BCUT2D eigenvalue weighted by molar-refractivity contribution is 5.97. The third kappa shape index (κ3) is 7.53. The Balaban J connectivity index is 1.58. The molecular weight excluding hydrogens is 532 g/mol. The molecule has 1 fully saturated rings. The summed E-state index contributed by atoms with van der Waals surface area (Å²) in [5.41, 5.74) is 0.398. The Morgan fingerprint density at radius 1 is 0.976 bits per heavy atom. The molecule has 0 unspecified atom stereocenters. The Morgan fingerprint density at radius 3 is 2.27 bits per heavy atom. The Morgan fingerprint density at radius 2 is 1.63 bits per heavy atom. The van der Waals surface area contributed by atoms with Gasteiger partial charge in [0.25, 0.3) is 5.91 Å². The van der Waals surface area contributed by atoms with Crippen LogP contribution in [-0.2, 0) is 14.3 Å². The molecule has 3 heterocycles. The number of amides is 3. The quantitative estimate of drug-likeness (QED) is 0.394. The van der Waals surface area contributed by atoms with Gasteiger partial charge < -0.3 is 29.5 Å². The number of benzene rings is 1. The number of pyridine rings is 1. The molecule has 0 bridgehead atoms. The van der Waals surface area contributed by atoms with Crippen LogP contribution in [0.5, 0.6) is 0 Å². The second kappa shape index (κ2) is 13.3. The molecule has 1 saturated heterocycles.